The summed E-state index contributed by atoms with van der Waals surface area (Å²) < 4.78 is 0. The number of rotatable bonds is 7. The number of fused-ring (bicyclic) bond motifs is 3. The average Bonchev–Trinajstić information content (AvgIpc) is 3.78. The van der Waals surface area contributed by atoms with Crippen molar-refractivity contribution >= 4 is 30.3 Å². The molecule has 1 aromatic carbocycles. The number of carbonyl (C=O) groups is 2. The van der Waals surface area contributed by atoms with Crippen molar-refractivity contribution in [2.75, 3.05) is 33.1 Å². The number of aliphatic hydroxyl groups is 3. The molecule has 5 aliphatic rings. The van der Waals surface area contributed by atoms with Gasteiger partial charge in [-0.1, -0.05) is 0 Å². The Labute approximate surface area is 240 Å². The van der Waals surface area contributed by atoms with Crippen LogP contribution >= 0.6 is 0 Å². The van der Waals surface area contributed by atoms with Gasteiger partial charge >= 0.3 is 209 Å². The summed E-state index contributed by atoms with van der Waals surface area (Å²) in [5.41, 5.74) is 5.52. The summed E-state index contributed by atoms with van der Waals surface area (Å²) in [5.74, 6) is -3.24. The number of aromatic hydroxyl groups is 1. The summed E-state index contributed by atoms with van der Waals surface area (Å²) in [4.78, 5) is 30.0. The zero-order chi connectivity index (χ0) is 29.8. The van der Waals surface area contributed by atoms with Gasteiger partial charge in [0.05, 0.1) is 0 Å². The number of amides is 1. The third-order valence-corrected chi connectivity index (χ3v) is 10.2. The zero-order valence-electron chi connectivity index (χ0n) is 24.1. The van der Waals surface area contributed by atoms with Crippen LogP contribution in [0.3, 0.4) is 0 Å². The van der Waals surface area contributed by atoms with Crippen LogP contribution in [0.2, 0.25) is 0 Å². The van der Waals surface area contributed by atoms with Crippen LogP contribution in [0.1, 0.15) is 53.6 Å². The number of Topliss-reactive ketones (excluding diaryl/α,β-unsaturated/α-hetero) is 1. The van der Waals surface area contributed by atoms with Crippen LogP contribution in [0.5, 0.6) is 5.75 Å². The summed E-state index contributed by atoms with van der Waals surface area (Å²) >= 11 is 0. The van der Waals surface area contributed by atoms with Crippen LogP contribution in [0.15, 0.2) is 28.7 Å². The fourth-order valence-corrected chi connectivity index (χ4v) is 8.00. The number of allylic oxidation sites excluding steroid dienone is 1. The molecule has 0 spiro atoms. The number of hydrogen-bond acceptors (Lipinski definition) is 9. The number of likely N-dealkylation sites (N-methyl/N-ethyl adjacent to an activating group) is 1. The fourth-order valence-electron chi connectivity index (χ4n) is 8.00. The number of hydrogen-bond donors (Lipinski definition) is 6. The number of nitrogens with zero attached hydrogens (tertiary/aromatic N) is 2. The molecule has 0 aliphatic heterocycles. The third-order valence-electron chi connectivity index (χ3n) is 10.2. The SMILES string of the molecule is B=C1C(C(N)=O)=C(O)[C@@H](N(C)C)[C@@H]2C[C@@H]3Cc4c(c(O)cc(CNC5(C6CC6)CC5)c4N(C)C)C(=O)C3=C(O)[C@]12O. The molecule has 0 radical (unpaired) electrons. The van der Waals surface area contributed by atoms with Crippen molar-refractivity contribution in [1.82, 2.24) is 10.2 Å². The number of nitrogens with two attached hydrogens (primary N) is 1. The first-order valence-electron chi connectivity index (χ1n) is 14.3. The molecule has 1 aromatic rings. The number of phenolic OH excluding ortho intramolecular Hbond substituents is 1. The fraction of sp³-hybridized carbons (Fsp3) is 0.567. The van der Waals surface area contributed by atoms with Gasteiger partial charge in [0.1, 0.15) is 0 Å². The summed E-state index contributed by atoms with van der Waals surface area (Å²) in [6.45, 7) is 0.567. The maximum absolute atomic E-state index is 14.1. The molecule has 4 atom stereocenters. The first kappa shape index (κ1) is 28.0. The van der Waals surface area contributed by atoms with Crippen LogP contribution < -0.4 is 16.0 Å². The third kappa shape index (κ3) is 3.92. The van der Waals surface area contributed by atoms with Gasteiger partial charge in [-0.15, -0.1) is 0 Å². The molecule has 0 heterocycles. The molecule has 2 fully saturated rings. The second kappa shape index (κ2) is 9.18. The molecule has 218 valence electrons. The Morgan fingerprint density at radius 3 is 2.37 bits per heavy atom. The second-order valence-electron chi connectivity index (χ2n) is 13.0. The first-order valence-corrected chi connectivity index (χ1v) is 14.3. The normalized spacial score (nSPS) is 30.2. The first-order chi connectivity index (χ1) is 19.2. The van der Waals surface area contributed by atoms with Gasteiger partial charge in [0.2, 0.25) is 0 Å². The number of aliphatic hydroxyl groups excluding tert-OH is 2. The van der Waals surface area contributed by atoms with Gasteiger partial charge < -0.3 is 0 Å². The Kier molecular flexibility index (Phi) is 6.27. The van der Waals surface area contributed by atoms with Crippen LogP contribution in [-0.4, -0.2) is 95.3 Å². The Balaban J connectivity index is 1.46. The summed E-state index contributed by atoms with van der Waals surface area (Å²) in [7, 11) is 11.1. The van der Waals surface area contributed by atoms with E-state index >= 15 is 0 Å². The van der Waals surface area contributed by atoms with Crippen LogP contribution in [0.25, 0.3) is 0 Å². The second-order valence-corrected chi connectivity index (χ2v) is 13.0. The molecule has 0 unspecified atom stereocenters. The standard InChI is InChI=1S/C30H39BN4O6/c1-34(2)22-14(12-33-29(7-8-29)15-5-6-15)11-18(36)20-16(22)9-13-10-17-23(35(3)4)25(38)21(28(32)40)26(31)30(17,41)27(39)19(13)24(20)37/h11,13,15,17,23,31,33,36,38-39,41H,5-10,12H2,1-4H3,(H2,32,40)/t13-,17-,23-,30+/m0/s1. The number of benzene rings is 1. The number of carbonyl (C=O) groups excluding carboxylic acids is 2. The van der Waals surface area contributed by atoms with Crippen molar-refractivity contribution < 1.29 is 30.0 Å². The molecule has 5 aliphatic carbocycles. The predicted molar refractivity (Wildman–Crippen MR) is 157 cm³/mol. The van der Waals surface area contributed by atoms with Gasteiger partial charge in [-0.05, 0) is 31.6 Å². The molecule has 41 heavy (non-hydrogen) atoms. The average molecular weight is 562 g/mol. The van der Waals surface area contributed by atoms with E-state index in [1.165, 1.54) is 12.8 Å². The van der Waals surface area contributed by atoms with E-state index in [0.717, 1.165) is 24.1 Å². The van der Waals surface area contributed by atoms with Gasteiger partial charge in [0.25, 0.3) is 0 Å². The number of anilines is 1. The van der Waals surface area contributed by atoms with Crippen molar-refractivity contribution in [2.45, 2.75) is 62.3 Å². The summed E-state index contributed by atoms with van der Waals surface area (Å²) in [6.07, 6.45) is 5.37. The van der Waals surface area contributed by atoms with E-state index in [1.54, 1.807) is 25.1 Å². The Morgan fingerprint density at radius 1 is 1.17 bits per heavy atom. The van der Waals surface area contributed by atoms with Gasteiger partial charge in [-0.25, -0.2) is 0 Å². The molecule has 0 saturated heterocycles. The van der Waals surface area contributed by atoms with E-state index < -0.39 is 40.9 Å². The molecule has 0 aromatic heterocycles. The van der Waals surface area contributed by atoms with E-state index in [0.29, 0.717) is 24.4 Å². The Morgan fingerprint density at radius 2 is 1.83 bits per heavy atom. The van der Waals surface area contributed by atoms with Gasteiger partial charge in [-0.3, -0.25) is 0 Å². The molecule has 10 nitrogen and oxygen atoms in total. The monoisotopic (exact) mass is 562 g/mol. The number of phenols is 1. The van der Waals surface area contributed by atoms with Gasteiger partial charge in [-0.2, -0.15) is 0 Å². The number of primary amides is 1. The minimum atomic E-state index is -2.20. The minimum absolute atomic E-state index is 0.00309. The number of ketones is 1. The van der Waals surface area contributed by atoms with Crippen molar-refractivity contribution in [1.29, 1.82) is 0 Å². The van der Waals surface area contributed by atoms with Crippen LogP contribution in [0, 0.1) is 17.8 Å². The zero-order valence-corrected chi connectivity index (χ0v) is 24.1. The Hall–Kier alpha value is -3.15. The molecule has 6 rings (SSSR count). The summed E-state index contributed by atoms with van der Waals surface area (Å²) in [5, 5.41) is 49.7. The van der Waals surface area contributed by atoms with E-state index in [4.69, 9.17) is 5.73 Å². The molecule has 1 amide bonds. The van der Waals surface area contributed by atoms with Crippen LogP contribution in [0.4, 0.5) is 5.69 Å². The van der Waals surface area contributed by atoms with E-state index in [1.807, 2.05) is 19.0 Å². The van der Waals surface area contributed by atoms with Crippen molar-refractivity contribution in [3.63, 3.8) is 0 Å². The predicted octanol–water partition coefficient (Wildman–Crippen LogP) is 0.723. The van der Waals surface area contributed by atoms with Crippen molar-refractivity contribution in [2.24, 2.45) is 23.5 Å². The molecular weight excluding hydrogens is 523 g/mol. The van der Waals surface area contributed by atoms with Crippen molar-refractivity contribution in [3.8, 4) is 5.75 Å². The molecular formula is C30H39BN4O6. The molecule has 0 bridgehead atoms. The molecule has 2 saturated carbocycles. The van der Waals surface area contributed by atoms with E-state index in [2.05, 4.69) is 12.8 Å². The van der Waals surface area contributed by atoms with Gasteiger partial charge in [0.15, 0.2) is 0 Å². The van der Waals surface area contributed by atoms with E-state index in [-0.39, 0.29) is 45.6 Å². The quantitative estimate of drug-likeness (QED) is 0.263. The number of nitrogens with one attached hydrogen (secondary N) is 1. The van der Waals surface area contributed by atoms with Crippen molar-refractivity contribution in [3.05, 3.63) is 45.4 Å². The molecule has 7 N–H and O–H groups in total. The van der Waals surface area contributed by atoms with E-state index in [9.17, 15) is 30.0 Å². The topological polar surface area (TPSA) is 160 Å². The maximum atomic E-state index is 14.1. The molecule has 11 heteroatoms. The van der Waals surface area contributed by atoms with Gasteiger partial charge in [0, 0.05) is 0 Å². The van der Waals surface area contributed by atoms with Crippen LogP contribution in [-0.2, 0) is 17.8 Å². The summed E-state index contributed by atoms with van der Waals surface area (Å²) in [6, 6.07) is 0.774. The Bertz CT molecular complexity index is 1460.